The van der Waals surface area contributed by atoms with Crippen molar-refractivity contribution in [2.24, 2.45) is 7.05 Å². The van der Waals surface area contributed by atoms with Gasteiger partial charge in [-0.05, 0) is 18.4 Å². The Bertz CT molecular complexity index is 721. The summed E-state index contributed by atoms with van der Waals surface area (Å²) in [6.07, 6.45) is 1.87. The van der Waals surface area contributed by atoms with Gasteiger partial charge < -0.3 is 4.57 Å². The van der Waals surface area contributed by atoms with E-state index in [4.69, 9.17) is 10.7 Å². The largest absolute Gasteiger partial charge is 0.303 e. The van der Waals surface area contributed by atoms with Gasteiger partial charge in [-0.2, -0.15) is 0 Å². The van der Waals surface area contributed by atoms with Crippen LogP contribution in [0.3, 0.4) is 0 Å². The summed E-state index contributed by atoms with van der Waals surface area (Å²) in [7, 11) is 3.11. The lowest BCUT2D eigenvalue weighted by Gasteiger charge is -2.14. The smallest absolute Gasteiger partial charge is 0.296 e. The van der Waals surface area contributed by atoms with Gasteiger partial charge in [0, 0.05) is 17.7 Å². The second-order valence-electron chi connectivity index (χ2n) is 4.75. The lowest BCUT2D eigenvalue weighted by atomic mass is 9.95. The van der Waals surface area contributed by atoms with Crippen LogP contribution in [0.15, 0.2) is 35.5 Å². The molecule has 0 amide bonds. The van der Waals surface area contributed by atoms with Gasteiger partial charge >= 0.3 is 0 Å². The first-order valence-electron chi connectivity index (χ1n) is 5.85. The maximum absolute atomic E-state index is 11.4. The summed E-state index contributed by atoms with van der Waals surface area (Å²) in [6, 6.07) is 9.92. The van der Waals surface area contributed by atoms with E-state index in [1.807, 2.05) is 30.3 Å². The second kappa shape index (κ2) is 4.05. The van der Waals surface area contributed by atoms with E-state index >= 15 is 0 Å². The summed E-state index contributed by atoms with van der Waals surface area (Å²) in [5.74, 6) is 0.651. The fourth-order valence-corrected chi connectivity index (χ4v) is 3.42. The van der Waals surface area contributed by atoms with E-state index in [1.54, 1.807) is 7.05 Å². The topological polar surface area (TPSA) is 64.8 Å². The Labute approximate surface area is 115 Å². The zero-order valence-corrected chi connectivity index (χ0v) is 11.8. The summed E-state index contributed by atoms with van der Waals surface area (Å²) >= 11 is 0. The first kappa shape index (κ1) is 12.6. The molecule has 0 aliphatic heterocycles. The molecule has 1 aromatic carbocycles. The Morgan fingerprint density at radius 2 is 1.84 bits per heavy atom. The van der Waals surface area contributed by atoms with E-state index in [0.29, 0.717) is 5.82 Å². The predicted molar refractivity (Wildman–Crippen MR) is 70.5 cm³/mol. The van der Waals surface area contributed by atoms with Crippen molar-refractivity contribution >= 4 is 19.7 Å². The van der Waals surface area contributed by atoms with E-state index in [0.717, 1.165) is 18.4 Å². The number of halogens is 1. The molecule has 100 valence electrons. The van der Waals surface area contributed by atoms with E-state index in [-0.39, 0.29) is 10.6 Å². The molecule has 0 unspecified atom stereocenters. The van der Waals surface area contributed by atoms with Crippen molar-refractivity contribution in [3.05, 3.63) is 41.7 Å². The fraction of sp³-hybridized carbons (Fsp3) is 0.333. The molecule has 0 saturated heterocycles. The monoisotopic (exact) mass is 297 g/mol. The average Bonchev–Trinajstić information content (AvgIpc) is 3.07. The Kier molecular flexibility index (Phi) is 2.69. The average molecular weight is 298 g/mol. The van der Waals surface area contributed by atoms with Gasteiger partial charge in [-0.1, -0.05) is 30.3 Å². The van der Waals surface area contributed by atoms with Crippen molar-refractivity contribution in [2.75, 3.05) is 0 Å². The van der Waals surface area contributed by atoms with Gasteiger partial charge in [0.15, 0.2) is 0 Å². The zero-order valence-electron chi connectivity index (χ0n) is 10.2. The summed E-state index contributed by atoms with van der Waals surface area (Å²) in [5, 5.41) is 7.55. The highest BCUT2D eigenvalue weighted by Gasteiger charge is 2.50. The minimum Gasteiger partial charge on any atom is -0.303 e. The van der Waals surface area contributed by atoms with Crippen LogP contribution in [0.25, 0.3) is 0 Å². The molecule has 1 saturated carbocycles. The molecule has 1 aliphatic carbocycles. The molecule has 0 spiro atoms. The van der Waals surface area contributed by atoms with Crippen molar-refractivity contribution in [3.63, 3.8) is 0 Å². The zero-order chi connectivity index (χ0) is 13.7. The van der Waals surface area contributed by atoms with Crippen LogP contribution in [0.2, 0.25) is 0 Å². The molecule has 1 heterocycles. The highest BCUT2D eigenvalue weighted by atomic mass is 35.7. The Hall–Kier alpha value is -1.40. The Morgan fingerprint density at radius 1 is 1.21 bits per heavy atom. The van der Waals surface area contributed by atoms with Crippen molar-refractivity contribution in [2.45, 2.75) is 23.4 Å². The van der Waals surface area contributed by atoms with Gasteiger partial charge in [-0.15, -0.1) is 10.2 Å². The van der Waals surface area contributed by atoms with E-state index in [1.165, 1.54) is 4.57 Å². The van der Waals surface area contributed by atoms with Crippen LogP contribution in [0.5, 0.6) is 0 Å². The predicted octanol–water partition coefficient (Wildman–Crippen LogP) is 1.82. The number of hydrogen-bond donors (Lipinski definition) is 0. The van der Waals surface area contributed by atoms with Gasteiger partial charge in [0.2, 0.25) is 0 Å². The van der Waals surface area contributed by atoms with Crippen molar-refractivity contribution in [3.8, 4) is 0 Å². The first-order chi connectivity index (χ1) is 8.95. The van der Waals surface area contributed by atoms with Crippen LogP contribution < -0.4 is 0 Å². The van der Waals surface area contributed by atoms with E-state index < -0.39 is 9.05 Å². The normalized spacial score (nSPS) is 17.4. The van der Waals surface area contributed by atoms with Crippen molar-refractivity contribution in [1.29, 1.82) is 0 Å². The minimum absolute atomic E-state index is 0.202. The minimum atomic E-state index is -3.87. The van der Waals surface area contributed by atoms with Crippen LogP contribution in [-0.2, 0) is 21.5 Å². The summed E-state index contributed by atoms with van der Waals surface area (Å²) in [5.41, 5.74) is 0.909. The SMILES string of the molecule is Cn1c(C2(c3ccccc3)CC2)nnc1S(=O)(=O)Cl. The number of benzene rings is 1. The molecule has 3 rings (SSSR count). The summed E-state index contributed by atoms with van der Waals surface area (Å²) in [6.45, 7) is 0. The molecular weight excluding hydrogens is 286 g/mol. The van der Waals surface area contributed by atoms with Crippen LogP contribution in [0.4, 0.5) is 0 Å². The highest BCUT2D eigenvalue weighted by molar-refractivity contribution is 8.13. The Morgan fingerprint density at radius 3 is 2.32 bits per heavy atom. The molecule has 5 nitrogen and oxygen atoms in total. The van der Waals surface area contributed by atoms with Gasteiger partial charge in [0.1, 0.15) is 5.82 Å². The van der Waals surface area contributed by atoms with Crippen molar-refractivity contribution < 1.29 is 8.42 Å². The number of aromatic nitrogens is 3. The quantitative estimate of drug-likeness (QED) is 0.811. The van der Waals surface area contributed by atoms with Crippen LogP contribution in [0.1, 0.15) is 24.2 Å². The number of rotatable bonds is 3. The fourth-order valence-electron chi connectivity index (χ4n) is 2.47. The summed E-state index contributed by atoms with van der Waals surface area (Å²) in [4.78, 5) is 0. The molecule has 0 radical (unpaired) electrons. The third kappa shape index (κ3) is 1.95. The third-order valence-corrected chi connectivity index (χ3v) is 4.76. The lowest BCUT2D eigenvalue weighted by molar-refractivity contribution is 0.586. The molecule has 19 heavy (non-hydrogen) atoms. The van der Waals surface area contributed by atoms with Gasteiger partial charge in [-0.25, -0.2) is 8.42 Å². The number of nitrogens with zero attached hydrogens (tertiary/aromatic N) is 3. The molecule has 2 aromatic rings. The van der Waals surface area contributed by atoms with Crippen LogP contribution in [-0.4, -0.2) is 23.2 Å². The van der Waals surface area contributed by atoms with E-state index in [9.17, 15) is 8.42 Å². The first-order valence-corrected chi connectivity index (χ1v) is 8.16. The van der Waals surface area contributed by atoms with E-state index in [2.05, 4.69) is 10.2 Å². The maximum atomic E-state index is 11.4. The van der Waals surface area contributed by atoms with Crippen molar-refractivity contribution in [1.82, 2.24) is 14.8 Å². The molecule has 7 heteroatoms. The lowest BCUT2D eigenvalue weighted by Crippen LogP contribution is -2.16. The van der Waals surface area contributed by atoms with Gasteiger partial charge in [-0.3, -0.25) is 0 Å². The molecule has 0 bridgehead atoms. The molecule has 1 aromatic heterocycles. The molecule has 0 atom stereocenters. The second-order valence-corrected chi connectivity index (χ2v) is 7.21. The molecule has 1 aliphatic rings. The van der Waals surface area contributed by atoms with Crippen LogP contribution >= 0.6 is 10.7 Å². The Balaban J connectivity index is 2.12. The van der Waals surface area contributed by atoms with Crippen LogP contribution in [0, 0.1) is 0 Å². The number of hydrogen-bond acceptors (Lipinski definition) is 4. The molecule has 1 fully saturated rings. The third-order valence-electron chi connectivity index (χ3n) is 3.56. The molecule has 0 N–H and O–H groups in total. The van der Waals surface area contributed by atoms with Gasteiger partial charge in [0.25, 0.3) is 14.2 Å². The van der Waals surface area contributed by atoms with Gasteiger partial charge in [0.05, 0.1) is 5.41 Å². The highest BCUT2D eigenvalue weighted by Crippen LogP contribution is 2.52. The molecular formula is C12H12ClN3O2S. The maximum Gasteiger partial charge on any atom is 0.296 e. The standard InChI is InChI=1S/C12H12ClN3O2S/c1-16-10(14-15-11(16)19(13,17)18)12(7-8-12)9-5-3-2-4-6-9/h2-6H,7-8H2,1H3. The summed E-state index contributed by atoms with van der Waals surface area (Å²) < 4.78 is 24.3.